The second kappa shape index (κ2) is 9.25. The van der Waals surface area contributed by atoms with Crippen LogP contribution in [0, 0.1) is 11.6 Å². The molecule has 0 radical (unpaired) electrons. The Morgan fingerprint density at radius 3 is 2.69 bits per heavy atom. The van der Waals surface area contributed by atoms with Crippen molar-refractivity contribution in [2.45, 2.75) is 33.2 Å². The molecule has 0 saturated carbocycles. The van der Waals surface area contributed by atoms with Crippen LogP contribution >= 0.6 is 0 Å². The Balaban J connectivity index is 1.47. The van der Waals surface area contributed by atoms with Crippen molar-refractivity contribution in [1.29, 1.82) is 0 Å². The number of tetrazole rings is 1. The van der Waals surface area contributed by atoms with Gasteiger partial charge in [-0.3, -0.25) is 4.79 Å². The summed E-state index contributed by atoms with van der Waals surface area (Å²) in [5.74, 6) is -2.30. The fourth-order valence-corrected chi connectivity index (χ4v) is 3.66. The van der Waals surface area contributed by atoms with E-state index in [-0.39, 0.29) is 5.56 Å². The largest absolute Gasteiger partial charge is 0.334 e. The first-order valence-electron chi connectivity index (χ1n) is 10.5. The summed E-state index contributed by atoms with van der Waals surface area (Å²) in [5, 5.41) is 15.4. The molecule has 1 aliphatic heterocycles. The number of amides is 1. The molecule has 2 aromatic carbocycles. The van der Waals surface area contributed by atoms with Gasteiger partial charge < -0.3 is 10.2 Å². The minimum absolute atomic E-state index is 0.334. The molecule has 1 aliphatic rings. The minimum atomic E-state index is -1.16. The van der Waals surface area contributed by atoms with Crippen molar-refractivity contribution in [3.05, 3.63) is 70.8 Å². The van der Waals surface area contributed by atoms with E-state index in [2.05, 4.69) is 39.5 Å². The van der Waals surface area contributed by atoms with E-state index in [9.17, 15) is 13.6 Å². The van der Waals surface area contributed by atoms with Crippen LogP contribution in [0.1, 0.15) is 42.6 Å². The molecule has 0 saturated heterocycles. The van der Waals surface area contributed by atoms with Crippen molar-refractivity contribution in [1.82, 2.24) is 20.2 Å². The second-order valence-corrected chi connectivity index (χ2v) is 7.75. The monoisotopic (exact) mass is 438 g/mol. The number of carbonyl (C=O) groups excluding carboxylic acids is 1. The van der Waals surface area contributed by atoms with Crippen LogP contribution in [-0.4, -0.2) is 39.2 Å². The number of nitrogens with zero attached hydrogens (tertiary/aromatic N) is 5. The number of rotatable bonds is 6. The molecule has 0 bridgehead atoms. The quantitative estimate of drug-likeness (QED) is 0.621. The minimum Gasteiger partial charge on any atom is -0.334 e. The number of halogens is 2. The van der Waals surface area contributed by atoms with Crippen molar-refractivity contribution < 1.29 is 13.6 Å². The van der Waals surface area contributed by atoms with Crippen molar-refractivity contribution in [3.63, 3.8) is 0 Å². The lowest BCUT2D eigenvalue weighted by Gasteiger charge is -2.29. The van der Waals surface area contributed by atoms with Crippen molar-refractivity contribution in [2.24, 2.45) is 0 Å². The summed E-state index contributed by atoms with van der Waals surface area (Å²) in [6, 6.07) is 10.8. The van der Waals surface area contributed by atoms with Gasteiger partial charge in [-0.1, -0.05) is 35.8 Å². The van der Waals surface area contributed by atoms with Crippen LogP contribution in [0.5, 0.6) is 0 Å². The molecule has 0 spiro atoms. The summed E-state index contributed by atoms with van der Waals surface area (Å²) in [7, 11) is 0. The fourth-order valence-electron chi connectivity index (χ4n) is 3.66. The van der Waals surface area contributed by atoms with Gasteiger partial charge in [-0.25, -0.2) is 8.78 Å². The topological polar surface area (TPSA) is 75.9 Å². The second-order valence-electron chi connectivity index (χ2n) is 7.75. The lowest BCUT2D eigenvalue weighted by Crippen LogP contribution is -2.31. The normalized spacial score (nSPS) is 14.1. The molecule has 1 amide bonds. The molecule has 1 aromatic heterocycles. The summed E-state index contributed by atoms with van der Waals surface area (Å²) in [6.45, 7) is 6.38. The van der Waals surface area contributed by atoms with Gasteiger partial charge in [0.2, 0.25) is 0 Å². The zero-order chi connectivity index (χ0) is 22.7. The third-order valence-electron chi connectivity index (χ3n) is 5.46. The molecule has 166 valence electrons. The van der Waals surface area contributed by atoms with E-state index >= 15 is 0 Å². The van der Waals surface area contributed by atoms with Crippen LogP contribution in [0.25, 0.3) is 5.57 Å². The average Bonchev–Trinajstić information content (AvgIpc) is 3.25. The Kier molecular flexibility index (Phi) is 6.25. The Labute approximate surface area is 184 Å². The number of carbonyl (C=O) groups is 1. The van der Waals surface area contributed by atoms with Crippen LogP contribution in [0.4, 0.5) is 20.4 Å². The van der Waals surface area contributed by atoms with E-state index in [1.807, 2.05) is 12.1 Å². The zero-order valence-electron chi connectivity index (χ0n) is 18.0. The predicted octanol–water partition coefficient (Wildman–Crippen LogP) is 4.30. The van der Waals surface area contributed by atoms with Crippen molar-refractivity contribution in [2.75, 3.05) is 23.3 Å². The molecular weight excluding hydrogens is 414 g/mol. The smallest absolute Gasteiger partial charge is 0.266 e. The van der Waals surface area contributed by atoms with Gasteiger partial charge in [0.05, 0.1) is 12.1 Å². The summed E-state index contributed by atoms with van der Waals surface area (Å²) in [6.07, 6.45) is 1.82. The fraction of sp³-hybridized carbons (Fsp3) is 0.304. The molecule has 4 rings (SSSR count). The summed E-state index contributed by atoms with van der Waals surface area (Å²) < 4.78 is 27.3. The number of hydrogen-bond acceptors (Lipinski definition) is 5. The van der Waals surface area contributed by atoms with E-state index in [0.717, 1.165) is 43.1 Å². The molecule has 9 heteroatoms. The summed E-state index contributed by atoms with van der Waals surface area (Å²) in [5.41, 5.74) is 3.62. The predicted molar refractivity (Wildman–Crippen MR) is 118 cm³/mol. The SMILES string of the molecule is CCCn1nnc(N2CCC(C)=C(c3ccc(NC(=O)c4cccc(F)c4F)cc3)C2)n1. The zero-order valence-corrected chi connectivity index (χ0v) is 18.0. The molecule has 2 heterocycles. The van der Waals surface area contributed by atoms with Crippen molar-refractivity contribution in [3.8, 4) is 0 Å². The van der Waals surface area contributed by atoms with Gasteiger partial charge in [-0.05, 0) is 60.4 Å². The lowest BCUT2D eigenvalue weighted by molar-refractivity contribution is 0.102. The highest BCUT2D eigenvalue weighted by molar-refractivity contribution is 6.04. The maximum Gasteiger partial charge on any atom is 0.266 e. The highest BCUT2D eigenvalue weighted by Crippen LogP contribution is 2.29. The van der Waals surface area contributed by atoms with Gasteiger partial charge in [-0.15, -0.1) is 5.10 Å². The van der Waals surface area contributed by atoms with E-state index in [1.165, 1.54) is 17.7 Å². The first-order valence-corrected chi connectivity index (χ1v) is 10.5. The molecule has 0 unspecified atom stereocenters. The number of anilines is 2. The molecule has 0 fully saturated rings. The number of hydrogen-bond donors (Lipinski definition) is 1. The molecule has 3 aromatic rings. The maximum absolute atomic E-state index is 13.9. The third kappa shape index (κ3) is 4.51. The molecular formula is C23H24F2N6O. The van der Waals surface area contributed by atoms with Gasteiger partial charge in [0, 0.05) is 18.8 Å². The van der Waals surface area contributed by atoms with E-state index < -0.39 is 17.5 Å². The Morgan fingerprint density at radius 2 is 1.94 bits per heavy atom. The first-order chi connectivity index (χ1) is 15.5. The molecule has 0 atom stereocenters. The Hall–Kier alpha value is -3.62. The molecule has 7 nitrogen and oxygen atoms in total. The lowest BCUT2D eigenvalue weighted by atomic mass is 9.95. The van der Waals surface area contributed by atoms with Gasteiger partial charge in [-0.2, -0.15) is 4.80 Å². The number of benzene rings is 2. The first kappa shape index (κ1) is 21.6. The van der Waals surface area contributed by atoms with Gasteiger partial charge in [0.25, 0.3) is 11.9 Å². The van der Waals surface area contributed by atoms with E-state index in [0.29, 0.717) is 18.2 Å². The van der Waals surface area contributed by atoms with E-state index in [4.69, 9.17) is 0 Å². The Morgan fingerprint density at radius 1 is 1.16 bits per heavy atom. The number of aryl methyl sites for hydroxylation is 1. The third-order valence-corrected chi connectivity index (χ3v) is 5.46. The highest BCUT2D eigenvalue weighted by atomic mass is 19.2. The number of aromatic nitrogens is 4. The van der Waals surface area contributed by atoms with Gasteiger partial charge in [0.1, 0.15) is 0 Å². The van der Waals surface area contributed by atoms with Crippen LogP contribution in [0.3, 0.4) is 0 Å². The van der Waals surface area contributed by atoms with Crippen LogP contribution < -0.4 is 10.2 Å². The molecule has 32 heavy (non-hydrogen) atoms. The standard InChI is InChI=1S/C23H24F2N6O/c1-3-12-31-28-23(27-29-31)30-13-11-15(2)19(14-30)16-7-9-17(10-8-16)26-22(32)18-5-4-6-20(24)21(18)25/h4-10H,3,11-14H2,1-2H3,(H,26,32). The summed E-state index contributed by atoms with van der Waals surface area (Å²) in [4.78, 5) is 16.0. The molecule has 0 aliphatic carbocycles. The highest BCUT2D eigenvalue weighted by Gasteiger charge is 2.22. The van der Waals surface area contributed by atoms with Crippen LogP contribution in [0.15, 0.2) is 48.0 Å². The van der Waals surface area contributed by atoms with E-state index in [1.54, 1.807) is 16.9 Å². The van der Waals surface area contributed by atoms with Crippen LogP contribution in [0.2, 0.25) is 0 Å². The maximum atomic E-state index is 13.9. The Bertz CT molecular complexity index is 1160. The summed E-state index contributed by atoms with van der Waals surface area (Å²) >= 11 is 0. The van der Waals surface area contributed by atoms with Gasteiger partial charge >= 0.3 is 0 Å². The number of nitrogens with one attached hydrogen (secondary N) is 1. The average molecular weight is 438 g/mol. The van der Waals surface area contributed by atoms with Crippen molar-refractivity contribution >= 4 is 23.1 Å². The van der Waals surface area contributed by atoms with Crippen LogP contribution in [-0.2, 0) is 6.54 Å². The molecule has 1 N–H and O–H groups in total. The van der Waals surface area contributed by atoms with Gasteiger partial charge in [0.15, 0.2) is 11.6 Å².